The molecule has 0 atom stereocenters. The molecule has 0 bridgehead atoms. The zero-order valence-corrected chi connectivity index (χ0v) is 14.0. The van der Waals surface area contributed by atoms with Crippen LogP contribution in [0, 0.1) is 0 Å². The van der Waals surface area contributed by atoms with Crippen LogP contribution in [0.4, 0.5) is 5.69 Å². The molecule has 0 unspecified atom stereocenters. The van der Waals surface area contributed by atoms with Crippen molar-refractivity contribution in [3.05, 3.63) is 63.1 Å². The molecule has 2 aromatic rings. The van der Waals surface area contributed by atoms with Crippen LogP contribution in [0.25, 0.3) is 6.08 Å². The number of para-hydroxylation sites is 1. The number of allylic oxidation sites excluding steroid dienone is 1. The maximum atomic E-state index is 6.04. The van der Waals surface area contributed by atoms with Crippen LogP contribution in [0.5, 0.6) is 5.75 Å². The number of nitrogens with one attached hydrogen (secondary N) is 1. The molecule has 0 aliphatic carbocycles. The fourth-order valence-electron chi connectivity index (χ4n) is 1.74. The fourth-order valence-corrected chi connectivity index (χ4v) is 2.65. The minimum Gasteiger partial charge on any atom is -0.496 e. The van der Waals surface area contributed by atoms with Gasteiger partial charge in [0.1, 0.15) is 5.75 Å². The standard InChI is InChI=1S/C16H13Cl3N2O/c1-22-15-7-3-2-5-11(15)6-4-8-20-21-16-13(18)9-12(17)10-14(16)19/h2-10,21H,1H3/b6-4+,20-8+. The average molecular weight is 356 g/mol. The molecule has 1 N–H and O–H groups in total. The number of halogens is 3. The Bertz CT molecular complexity index is 691. The highest BCUT2D eigenvalue weighted by Gasteiger charge is 2.06. The van der Waals surface area contributed by atoms with Crippen molar-refractivity contribution in [2.45, 2.75) is 0 Å². The van der Waals surface area contributed by atoms with Gasteiger partial charge >= 0.3 is 0 Å². The Balaban J connectivity index is 2.03. The highest BCUT2D eigenvalue weighted by atomic mass is 35.5. The molecule has 0 saturated heterocycles. The number of hydrogen-bond acceptors (Lipinski definition) is 3. The lowest BCUT2D eigenvalue weighted by Gasteiger charge is -2.06. The third kappa shape index (κ3) is 4.41. The second-order valence-electron chi connectivity index (χ2n) is 4.24. The first-order valence-corrected chi connectivity index (χ1v) is 7.48. The Labute approximate surface area is 144 Å². The molecule has 0 spiro atoms. The fraction of sp³-hybridized carbons (Fsp3) is 0.0625. The lowest BCUT2D eigenvalue weighted by molar-refractivity contribution is 0.414. The van der Waals surface area contributed by atoms with E-state index in [2.05, 4.69) is 10.5 Å². The van der Waals surface area contributed by atoms with Gasteiger partial charge in [-0.2, -0.15) is 5.10 Å². The van der Waals surface area contributed by atoms with Crippen LogP contribution >= 0.6 is 34.8 Å². The number of hydrazone groups is 1. The zero-order valence-electron chi connectivity index (χ0n) is 11.7. The summed E-state index contributed by atoms with van der Waals surface area (Å²) in [4.78, 5) is 0. The Hall–Kier alpha value is -1.68. The van der Waals surface area contributed by atoms with Crippen LogP contribution in [0.2, 0.25) is 15.1 Å². The number of methoxy groups -OCH3 is 1. The number of hydrogen-bond donors (Lipinski definition) is 1. The number of ether oxygens (including phenoxy) is 1. The van der Waals surface area contributed by atoms with Crippen molar-refractivity contribution >= 4 is 52.8 Å². The van der Waals surface area contributed by atoms with Crippen LogP contribution in [0.3, 0.4) is 0 Å². The van der Waals surface area contributed by atoms with Gasteiger partial charge in [0.2, 0.25) is 0 Å². The SMILES string of the molecule is COc1ccccc1/C=C/C=N/Nc1c(Cl)cc(Cl)cc1Cl. The van der Waals surface area contributed by atoms with Crippen molar-refractivity contribution in [3.63, 3.8) is 0 Å². The summed E-state index contributed by atoms with van der Waals surface area (Å²) in [5, 5.41) is 5.33. The second kappa shape index (κ2) is 8.08. The summed E-state index contributed by atoms with van der Waals surface area (Å²) in [6.45, 7) is 0. The lowest BCUT2D eigenvalue weighted by Crippen LogP contribution is -1.91. The summed E-state index contributed by atoms with van der Waals surface area (Å²) in [5.74, 6) is 0.795. The minimum atomic E-state index is 0.406. The summed E-state index contributed by atoms with van der Waals surface area (Å²) >= 11 is 17.9. The predicted molar refractivity (Wildman–Crippen MR) is 95.6 cm³/mol. The summed E-state index contributed by atoms with van der Waals surface area (Å²) in [6.07, 6.45) is 5.26. The van der Waals surface area contributed by atoms with Gasteiger partial charge in [0, 0.05) is 16.8 Å². The third-order valence-electron chi connectivity index (χ3n) is 2.76. The molecular weight excluding hydrogens is 343 g/mol. The molecule has 0 aliphatic rings. The molecule has 0 radical (unpaired) electrons. The summed E-state index contributed by atoms with van der Waals surface area (Å²) in [5.41, 5.74) is 4.25. The van der Waals surface area contributed by atoms with E-state index < -0.39 is 0 Å². The Morgan fingerprint density at radius 1 is 1.09 bits per heavy atom. The molecule has 114 valence electrons. The van der Waals surface area contributed by atoms with Crippen molar-refractivity contribution in [2.24, 2.45) is 5.10 Å². The van der Waals surface area contributed by atoms with Gasteiger partial charge in [-0.3, -0.25) is 5.43 Å². The maximum Gasteiger partial charge on any atom is 0.126 e. The molecule has 2 aromatic carbocycles. The number of benzene rings is 2. The highest BCUT2D eigenvalue weighted by molar-refractivity contribution is 6.41. The van der Waals surface area contributed by atoms with Crippen LogP contribution in [-0.4, -0.2) is 13.3 Å². The first-order valence-electron chi connectivity index (χ1n) is 6.35. The number of anilines is 1. The first kappa shape index (κ1) is 16.7. The van der Waals surface area contributed by atoms with Gasteiger partial charge in [-0.25, -0.2) is 0 Å². The van der Waals surface area contributed by atoms with E-state index in [0.717, 1.165) is 11.3 Å². The van der Waals surface area contributed by atoms with Crippen molar-refractivity contribution in [3.8, 4) is 5.75 Å². The number of nitrogens with zero attached hydrogens (tertiary/aromatic N) is 1. The molecule has 0 heterocycles. The molecule has 3 nitrogen and oxygen atoms in total. The summed E-state index contributed by atoms with van der Waals surface area (Å²) < 4.78 is 5.26. The molecular formula is C16H13Cl3N2O. The molecule has 0 amide bonds. The van der Waals surface area contributed by atoms with E-state index in [1.165, 1.54) is 0 Å². The van der Waals surface area contributed by atoms with Crippen molar-refractivity contribution in [1.29, 1.82) is 0 Å². The normalized spacial score (nSPS) is 11.3. The largest absolute Gasteiger partial charge is 0.496 e. The van der Waals surface area contributed by atoms with Gasteiger partial charge in [-0.1, -0.05) is 53.0 Å². The smallest absolute Gasteiger partial charge is 0.126 e. The second-order valence-corrected chi connectivity index (χ2v) is 5.49. The van der Waals surface area contributed by atoms with E-state index in [1.54, 1.807) is 31.5 Å². The van der Waals surface area contributed by atoms with Crippen molar-refractivity contribution < 1.29 is 4.74 Å². The zero-order chi connectivity index (χ0) is 15.9. The minimum absolute atomic E-state index is 0.406. The van der Waals surface area contributed by atoms with Gasteiger partial charge in [-0.05, 0) is 30.4 Å². The number of rotatable bonds is 5. The quantitative estimate of drug-likeness (QED) is 0.546. The molecule has 0 saturated carbocycles. The Kier molecular flexibility index (Phi) is 6.13. The Morgan fingerprint density at radius 2 is 1.77 bits per heavy atom. The van der Waals surface area contributed by atoms with Crippen molar-refractivity contribution in [2.75, 3.05) is 12.5 Å². The predicted octanol–water partition coefficient (Wildman–Crippen LogP) is 5.77. The van der Waals surface area contributed by atoms with E-state index in [4.69, 9.17) is 39.5 Å². The van der Waals surface area contributed by atoms with Gasteiger partial charge in [0.15, 0.2) is 0 Å². The van der Waals surface area contributed by atoms with E-state index in [1.807, 2.05) is 30.3 Å². The van der Waals surface area contributed by atoms with Crippen LogP contribution in [0.1, 0.15) is 5.56 Å². The summed E-state index contributed by atoms with van der Waals surface area (Å²) in [7, 11) is 1.63. The molecule has 0 aliphatic heterocycles. The van der Waals surface area contributed by atoms with Gasteiger partial charge in [0.05, 0.1) is 22.8 Å². The van der Waals surface area contributed by atoms with Crippen LogP contribution in [0.15, 0.2) is 47.6 Å². The lowest BCUT2D eigenvalue weighted by atomic mass is 10.2. The molecule has 6 heteroatoms. The molecule has 0 aromatic heterocycles. The molecule has 0 fully saturated rings. The van der Waals surface area contributed by atoms with E-state index in [9.17, 15) is 0 Å². The highest BCUT2D eigenvalue weighted by Crippen LogP contribution is 2.33. The van der Waals surface area contributed by atoms with Crippen molar-refractivity contribution in [1.82, 2.24) is 0 Å². The van der Waals surface area contributed by atoms with Crippen LogP contribution < -0.4 is 10.2 Å². The molecule has 22 heavy (non-hydrogen) atoms. The monoisotopic (exact) mass is 354 g/mol. The Morgan fingerprint density at radius 3 is 2.45 bits per heavy atom. The van der Waals surface area contributed by atoms with Crippen LogP contribution in [-0.2, 0) is 0 Å². The van der Waals surface area contributed by atoms with Gasteiger partial charge in [-0.15, -0.1) is 0 Å². The maximum absolute atomic E-state index is 6.04. The van der Waals surface area contributed by atoms with Gasteiger partial charge in [0.25, 0.3) is 0 Å². The third-order valence-corrected chi connectivity index (χ3v) is 3.57. The van der Waals surface area contributed by atoms with Gasteiger partial charge < -0.3 is 4.74 Å². The molecule has 2 rings (SSSR count). The first-order chi connectivity index (χ1) is 10.6. The summed E-state index contributed by atoms with van der Waals surface area (Å²) in [6, 6.07) is 10.9. The average Bonchev–Trinajstić information content (AvgIpc) is 2.49. The van der Waals surface area contributed by atoms with E-state index in [0.29, 0.717) is 20.8 Å². The topological polar surface area (TPSA) is 33.6 Å². The van der Waals surface area contributed by atoms with E-state index in [-0.39, 0.29) is 0 Å². The van der Waals surface area contributed by atoms with E-state index >= 15 is 0 Å².